The van der Waals surface area contributed by atoms with Crippen LogP contribution in [0.1, 0.15) is 37.3 Å². The summed E-state index contributed by atoms with van der Waals surface area (Å²) in [4.78, 5) is 22.0. The van der Waals surface area contributed by atoms with Gasteiger partial charge in [-0.2, -0.15) is 22.0 Å². The number of alkyl halides is 5. The Kier molecular flexibility index (Phi) is 7.59. The zero-order chi connectivity index (χ0) is 19.0. The maximum Gasteiger partial charge on any atom is 0.413 e. The first-order chi connectivity index (χ1) is 11.6. The van der Waals surface area contributed by atoms with E-state index in [9.17, 15) is 31.5 Å². The van der Waals surface area contributed by atoms with Crippen molar-refractivity contribution >= 4 is 11.9 Å². The van der Waals surface area contributed by atoms with Crippen molar-refractivity contribution < 1.29 is 41.4 Å². The molecule has 0 bridgehead atoms. The van der Waals surface area contributed by atoms with E-state index in [2.05, 4.69) is 4.74 Å². The van der Waals surface area contributed by atoms with E-state index >= 15 is 0 Å². The number of para-hydroxylation sites is 1. The summed E-state index contributed by atoms with van der Waals surface area (Å²) in [5.74, 6) is -2.74. The van der Waals surface area contributed by atoms with Crippen LogP contribution in [0.2, 0.25) is 0 Å². The van der Waals surface area contributed by atoms with E-state index in [1.165, 1.54) is 12.1 Å². The van der Waals surface area contributed by atoms with Crippen molar-refractivity contribution in [3.05, 3.63) is 29.8 Å². The SMILES string of the molecule is O=C(O)CCCCC(=O)NC(c1ccccc1OC(F)F)C(F)(F)F. The molecule has 1 rings (SSSR count). The minimum absolute atomic E-state index is 0.0812. The Morgan fingerprint density at radius 1 is 1.12 bits per heavy atom. The molecule has 0 spiro atoms. The van der Waals surface area contributed by atoms with E-state index in [1.54, 1.807) is 5.32 Å². The van der Waals surface area contributed by atoms with Gasteiger partial charge in [0, 0.05) is 18.4 Å². The third-order valence-electron chi connectivity index (χ3n) is 3.12. The summed E-state index contributed by atoms with van der Waals surface area (Å²) in [5, 5.41) is 10.2. The second kappa shape index (κ2) is 9.19. The highest BCUT2D eigenvalue weighted by atomic mass is 19.4. The molecule has 2 N–H and O–H groups in total. The van der Waals surface area contributed by atoms with Gasteiger partial charge in [-0.15, -0.1) is 0 Å². The van der Waals surface area contributed by atoms with Crippen LogP contribution in [0, 0.1) is 0 Å². The number of hydrogen-bond donors (Lipinski definition) is 2. The van der Waals surface area contributed by atoms with Crippen LogP contribution < -0.4 is 10.1 Å². The Labute approximate surface area is 139 Å². The van der Waals surface area contributed by atoms with E-state index in [0.29, 0.717) is 0 Å². The normalized spacial score (nSPS) is 12.7. The minimum Gasteiger partial charge on any atom is -0.481 e. The predicted molar refractivity (Wildman–Crippen MR) is 76.1 cm³/mol. The Bertz CT molecular complexity index is 592. The third kappa shape index (κ3) is 7.36. The Morgan fingerprint density at radius 2 is 1.72 bits per heavy atom. The number of unbranched alkanes of at least 4 members (excludes halogenated alkanes) is 1. The van der Waals surface area contributed by atoms with Gasteiger partial charge in [0.25, 0.3) is 0 Å². The fourth-order valence-electron chi connectivity index (χ4n) is 2.05. The van der Waals surface area contributed by atoms with Crippen molar-refractivity contribution in [3.8, 4) is 5.75 Å². The number of ether oxygens (including phenoxy) is 1. The van der Waals surface area contributed by atoms with Crippen LogP contribution >= 0.6 is 0 Å². The monoisotopic (exact) mass is 369 g/mol. The standard InChI is InChI=1S/C15H16F5NO4/c16-14(17)25-10-6-2-1-5-9(10)13(15(18,19)20)21-11(22)7-3-4-8-12(23)24/h1-2,5-6,13-14H,3-4,7-8H2,(H,21,22)(H,23,24). The number of amides is 1. The number of carbonyl (C=O) groups is 2. The lowest BCUT2D eigenvalue weighted by Gasteiger charge is -2.24. The maximum atomic E-state index is 13.2. The molecule has 0 aromatic heterocycles. The Hall–Kier alpha value is -2.39. The van der Waals surface area contributed by atoms with Gasteiger partial charge in [0.05, 0.1) is 0 Å². The third-order valence-corrected chi connectivity index (χ3v) is 3.12. The summed E-state index contributed by atoms with van der Waals surface area (Å²) >= 11 is 0. The first kappa shape index (κ1) is 20.7. The fourth-order valence-corrected chi connectivity index (χ4v) is 2.05. The number of carbonyl (C=O) groups excluding carboxylic acids is 1. The van der Waals surface area contributed by atoms with Crippen LogP contribution in [0.3, 0.4) is 0 Å². The number of carboxylic acid groups (broad SMARTS) is 1. The molecule has 1 amide bonds. The van der Waals surface area contributed by atoms with E-state index < -0.39 is 42.0 Å². The smallest absolute Gasteiger partial charge is 0.413 e. The summed E-state index contributed by atoms with van der Waals surface area (Å²) in [6.07, 6.45) is -5.25. The van der Waals surface area contributed by atoms with Gasteiger partial charge < -0.3 is 15.2 Å². The molecule has 140 valence electrons. The predicted octanol–water partition coefficient (Wildman–Crippen LogP) is 3.65. The number of halogens is 5. The minimum atomic E-state index is -4.93. The molecule has 0 fully saturated rings. The van der Waals surface area contributed by atoms with Crippen LogP contribution in [-0.4, -0.2) is 29.8 Å². The van der Waals surface area contributed by atoms with Gasteiger partial charge in [0.1, 0.15) is 5.75 Å². The van der Waals surface area contributed by atoms with Crippen LogP contribution in [0.15, 0.2) is 24.3 Å². The first-order valence-corrected chi connectivity index (χ1v) is 7.23. The summed E-state index contributed by atoms with van der Waals surface area (Å²) in [5.41, 5.74) is -0.644. The molecule has 1 unspecified atom stereocenters. The van der Waals surface area contributed by atoms with Crippen molar-refractivity contribution in [2.75, 3.05) is 0 Å². The van der Waals surface area contributed by atoms with E-state index in [-0.39, 0.29) is 25.7 Å². The summed E-state index contributed by atoms with van der Waals surface area (Å²) in [6.45, 7) is -3.32. The summed E-state index contributed by atoms with van der Waals surface area (Å²) < 4.78 is 68.5. The average molecular weight is 369 g/mol. The highest BCUT2D eigenvalue weighted by molar-refractivity contribution is 5.76. The molecule has 0 aliphatic carbocycles. The molecule has 0 saturated carbocycles. The van der Waals surface area contributed by atoms with Crippen LogP contribution in [-0.2, 0) is 9.59 Å². The number of aliphatic carboxylic acids is 1. The molecule has 1 atom stereocenters. The highest BCUT2D eigenvalue weighted by Gasteiger charge is 2.43. The van der Waals surface area contributed by atoms with Crippen molar-refractivity contribution in [2.45, 2.75) is 44.5 Å². The zero-order valence-electron chi connectivity index (χ0n) is 12.9. The van der Waals surface area contributed by atoms with Crippen molar-refractivity contribution in [1.29, 1.82) is 0 Å². The van der Waals surface area contributed by atoms with Gasteiger partial charge in [-0.05, 0) is 18.9 Å². The van der Waals surface area contributed by atoms with Crippen molar-refractivity contribution in [3.63, 3.8) is 0 Å². The Balaban J connectivity index is 2.86. The van der Waals surface area contributed by atoms with Gasteiger partial charge >= 0.3 is 18.8 Å². The lowest BCUT2D eigenvalue weighted by atomic mass is 10.0. The highest BCUT2D eigenvalue weighted by Crippen LogP contribution is 2.37. The molecule has 1 aromatic carbocycles. The molecule has 1 aromatic rings. The van der Waals surface area contributed by atoms with E-state index in [0.717, 1.165) is 12.1 Å². The quantitative estimate of drug-likeness (QED) is 0.515. The molecule has 0 aliphatic rings. The zero-order valence-corrected chi connectivity index (χ0v) is 12.9. The largest absolute Gasteiger partial charge is 0.481 e. The van der Waals surface area contributed by atoms with Crippen LogP contribution in [0.25, 0.3) is 0 Å². The van der Waals surface area contributed by atoms with Crippen molar-refractivity contribution in [1.82, 2.24) is 5.32 Å². The second-order valence-corrected chi connectivity index (χ2v) is 5.06. The molecule has 0 aliphatic heterocycles. The molecule has 10 heteroatoms. The van der Waals surface area contributed by atoms with E-state index in [4.69, 9.17) is 5.11 Å². The van der Waals surface area contributed by atoms with Gasteiger partial charge in [-0.25, -0.2) is 0 Å². The van der Waals surface area contributed by atoms with Crippen LogP contribution in [0.5, 0.6) is 5.75 Å². The number of rotatable bonds is 9. The molecule has 0 radical (unpaired) electrons. The topological polar surface area (TPSA) is 75.6 Å². The molecular weight excluding hydrogens is 353 g/mol. The van der Waals surface area contributed by atoms with Gasteiger partial charge in [0.15, 0.2) is 6.04 Å². The van der Waals surface area contributed by atoms with Gasteiger partial charge in [-0.1, -0.05) is 18.2 Å². The number of carboxylic acids is 1. The number of nitrogens with one attached hydrogen (secondary N) is 1. The number of benzene rings is 1. The molecule has 25 heavy (non-hydrogen) atoms. The fraction of sp³-hybridized carbons (Fsp3) is 0.467. The van der Waals surface area contributed by atoms with Gasteiger partial charge in [0.2, 0.25) is 5.91 Å². The first-order valence-electron chi connectivity index (χ1n) is 7.23. The summed E-state index contributed by atoms with van der Waals surface area (Å²) in [7, 11) is 0. The van der Waals surface area contributed by atoms with Crippen molar-refractivity contribution in [2.24, 2.45) is 0 Å². The maximum absolute atomic E-state index is 13.2. The Morgan fingerprint density at radius 3 is 2.28 bits per heavy atom. The van der Waals surface area contributed by atoms with E-state index in [1.807, 2.05) is 0 Å². The average Bonchev–Trinajstić information content (AvgIpc) is 2.48. The molecule has 0 heterocycles. The lowest BCUT2D eigenvalue weighted by molar-refractivity contribution is -0.164. The van der Waals surface area contributed by atoms with Gasteiger partial charge in [-0.3, -0.25) is 9.59 Å². The lowest BCUT2D eigenvalue weighted by Crippen LogP contribution is -2.38. The second-order valence-electron chi connectivity index (χ2n) is 5.06. The molecule has 5 nitrogen and oxygen atoms in total. The molecular formula is C15H16F5NO4. The van der Waals surface area contributed by atoms with Crippen LogP contribution in [0.4, 0.5) is 22.0 Å². The molecule has 0 saturated heterocycles. The summed E-state index contributed by atoms with van der Waals surface area (Å²) in [6, 6.07) is 1.78. The number of hydrogen-bond acceptors (Lipinski definition) is 3.